The number of carbonyl (C=O) groups excluding carboxylic acids is 1. The van der Waals surface area contributed by atoms with E-state index in [0.29, 0.717) is 39.4 Å². The Hall–Kier alpha value is -3.83. The van der Waals surface area contributed by atoms with Crippen molar-refractivity contribution in [1.82, 2.24) is 4.98 Å². The van der Waals surface area contributed by atoms with Gasteiger partial charge in [-0.2, -0.15) is 0 Å². The number of rotatable bonds is 6. The summed E-state index contributed by atoms with van der Waals surface area (Å²) in [5.41, 5.74) is 3.84. The summed E-state index contributed by atoms with van der Waals surface area (Å²) < 4.78 is 11.7. The minimum Gasteiger partial charge on any atom is -0.483 e. The molecule has 1 heterocycles. The Morgan fingerprint density at radius 2 is 1.85 bits per heavy atom. The Labute approximate surface area is 202 Å². The molecule has 0 saturated heterocycles. The Kier molecular flexibility index (Phi) is 5.95. The maximum Gasteiger partial charge on any atom is 0.262 e. The molecular weight excluding hydrogens is 448 g/mol. The molecule has 5 rings (SSSR count). The molecule has 0 bridgehead atoms. The maximum absolute atomic E-state index is 12.6. The van der Waals surface area contributed by atoms with Crippen molar-refractivity contribution in [3.8, 4) is 17.2 Å². The number of oxazole rings is 1. The van der Waals surface area contributed by atoms with Gasteiger partial charge in [0.15, 0.2) is 12.2 Å². The van der Waals surface area contributed by atoms with Crippen molar-refractivity contribution in [1.29, 1.82) is 0 Å². The number of nitrogens with zero attached hydrogens (tertiary/aromatic N) is 1. The summed E-state index contributed by atoms with van der Waals surface area (Å²) in [6, 6.07) is 24.9. The molecule has 1 aromatic heterocycles. The Morgan fingerprint density at radius 3 is 2.71 bits per heavy atom. The fourth-order valence-corrected chi connectivity index (χ4v) is 4.05. The van der Waals surface area contributed by atoms with E-state index in [4.69, 9.17) is 20.8 Å². The number of fused-ring (bicyclic) bond motifs is 2. The Bertz CT molecular complexity index is 1500. The van der Waals surface area contributed by atoms with Gasteiger partial charge < -0.3 is 14.5 Å². The molecule has 5 nitrogen and oxygen atoms in total. The molecule has 0 saturated carbocycles. The summed E-state index contributed by atoms with van der Waals surface area (Å²) in [7, 11) is 0. The van der Waals surface area contributed by atoms with Gasteiger partial charge in [0.25, 0.3) is 5.91 Å². The number of carbonyl (C=O) groups is 1. The fraction of sp³-hybridized carbons (Fsp3) is 0.143. The average Bonchev–Trinajstić information content (AvgIpc) is 3.27. The van der Waals surface area contributed by atoms with Gasteiger partial charge in [0.2, 0.25) is 5.89 Å². The fourth-order valence-electron chi connectivity index (χ4n) is 3.85. The molecule has 170 valence electrons. The van der Waals surface area contributed by atoms with E-state index in [0.717, 1.165) is 16.3 Å². The van der Waals surface area contributed by atoms with Gasteiger partial charge in [0.05, 0.1) is 10.6 Å². The lowest BCUT2D eigenvalue weighted by molar-refractivity contribution is -0.118. The molecule has 1 amide bonds. The van der Waals surface area contributed by atoms with Crippen molar-refractivity contribution < 1.29 is 13.9 Å². The average molecular weight is 471 g/mol. The summed E-state index contributed by atoms with van der Waals surface area (Å²) in [5.74, 6) is 1.18. The molecule has 0 spiro atoms. The predicted octanol–water partition coefficient (Wildman–Crippen LogP) is 7.44. The van der Waals surface area contributed by atoms with Crippen molar-refractivity contribution in [2.45, 2.75) is 19.8 Å². The van der Waals surface area contributed by atoms with Gasteiger partial charge in [-0.15, -0.1) is 0 Å². The molecule has 0 aliphatic rings. The number of amides is 1. The van der Waals surface area contributed by atoms with Crippen LogP contribution in [0.2, 0.25) is 5.02 Å². The van der Waals surface area contributed by atoms with Gasteiger partial charge in [-0.3, -0.25) is 4.79 Å². The second-order valence-corrected chi connectivity index (χ2v) is 8.82. The summed E-state index contributed by atoms with van der Waals surface area (Å²) in [5, 5.41) is 5.37. The van der Waals surface area contributed by atoms with Gasteiger partial charge in [-0.1, -0.05) is 67.9 Å². The zero-order valence-corrected chi connectivity index (χ0v) is 19.6. The normalized spacial score (nSPS) is 11.3. The number of benzene rings is 4. The lowest BCUT2D eigenvalue weighted by Crippen LogP contribution is -2.20. The minimum absolute atomic E-state index is 0.118. The molecule has 0 aliphatic carbocycles. The molecule has 0 unspecified atom stereocenters. The lowest BCUT2D eigenvalue weighted by Gasteiger charge is -2.10. The minimum atomic E-state index is -0.277. The van der Waals surface area contributed by atoms with Crippen molar-refractivity contribution in [2.24, 2.45) is 0 Å². The molecule has 34 heavy (non-hydrogen) atoms. The monoisotopic (exact) mass is 470 g/mol. The van der Waals surface area contributed by atoms with Crippen LogP contribution in [-0.4, -0.2) is 17.5 Å². The highest BCUT2D eigenvalue weighted by molar-refractivity contribution is 6.33. The molecular formula is C28H23ClN2O3. The van der Waals surface area contributed by atoms with Crippen molar-refractivity contribution >= 4 is 45.1 Å². The van der Waals surface area contributed by atoms with Crippen molar-refractivity contribution in [3.05, 3.63) is 89.4 Å². The highest BCUT2D eigenvalue weighted by Gasteiger charge is 2.15. The van der Waals surface area contributed by atoms with E-state index in [1.54, 1.807) is 18.2 Å². The van der Waals surface area contributed by atoms with Gasteiger partial charge in [-0.25, -0.2) is 4.98 Å². The molecule has 5 aromatic rings. The van der Waals surface area contributed by atoms with Crippen LogP contribution in [0.25, 0.3) is 33.3 Å². The van der Waals surface area contributed by atoms with E-state index in [9.17, 15) is 4.79 Å². The zero-order chi connectivity index (χ0) is 23.7. The highest BCUT2D eigenvalue weighted by Crippen LogP contribution is 2.33. The summed E-state index contributed by atoms with van der Waals surface area (Å²) in [6.45, 7) is 4.15. The van der Waals surface area contributed by atoms with E-state index in [2.05, 4.69) is 24.1 Å². The van der Waals surface area contributed by atoms with Gasteiger partial charge in [0.1, 0.15) is 11.3 Å². The predicted molar refractivity (Wildman–Crippen MR) is 137 cm³/mol. The first-order valence-corrected chi connectivity index (χ1v) is 11.5. The topological polar surface area (TPSA) is 64.4 Å². The van der Waals surface area contributed by atoms with Crippen molar-refractivity contribution in [3.63, 3.8) is 0 Å². The standard InChI is InChI=1S/C28H23ClN2O3/c1-17(2)19-10-13-26-24(14-19)31-28(34-26)22-15-20(11-12-23(22)29)30-27(32)16-33-25-9-5-7-18-6-3-4-8-21(18)25/h3-15,17H,16H2,1-2H3,(H,30,32). The SMILES string of the molecule is CC(C)c1ccc2oc(-c3cc(NC(=O)COc4cccc5ccccc45)ccc3Cl)nc2c1. The molecule has 4 aromatic carbocycles. The summed E-state index contributed by atoms with van der Waals surface area (Å²) in [4.78, 5) is 17.2. The van der Waals surface area contributed by atoms with E-state index in [1.807, 2.05) is 60.7 Å². The lowest BCUT2D eigenvalue weighted by atomic mass is 10.0. The number of halogens is 1. The number of hydrogen-bond acceptors (Lipinski definition) is 4. The highest BCUT2D eigenvalue weighted by atomic mass is 35.5. The summed E-state index contributed by atoms with van der Waals surface area (Å²) >= 11 is 6.44. The first kappa shape index (κ1) is 22.0. The molecule has 0 atom stereocenters. The van der Waals surface area contributed by atoms with E-state index < -0.39 is 0 Å². The molecule has 0 aliphatic heterocycles. The van der Waals surface area contributed by atoms with Gasteiger partial charge >= 0.3 is 0 Å². The third kappa shape index (κ3) is 4.47. The number of nitrogens with one attached hydrogen (secondary N) is 1. The third-order valence-corrected chi connectivity index (χ3v) is 6.00. The van der Waals surface area contributed by atoms with E-state index in [-0.39, 0.29) is 12.5 Å². The first-order valence-electron chi connectivity index (χ1n) is 11.1. The van der Waals surface area contributed by atoms with Crippen LogP contribution in [-0.2, 0) is 4.79 Å². The molecule has 0 radical (unpaired) electrons. The van der Waals surface area contributed by atoms with Crippen LogP contribution in [0.1, 0.15) is 25.3 Å². The van der Waals surface area contributed by atoms with Crippen molar-refractivity contribution in [2.75, 3.05) is 11.9 Å². The molecule has 1 N–H and O–H groups in total. The quantitative estimate of drug-likeness (QED) is 0.280. The number of aromatic nitrogens is 1. The first-order chi connectivity index (χ1) is 16.5. The Balaban J connectivity index is 1.33. The number of anilines is 1. The smallest absolute Gasteiger partial charge is 0.262 e. The Morgan fingerprint density at radius 1 is 1.03 bits per heavy atom. The van der Waals surface area contributed by atoms with Crippen LogP contribution in [0, 0.1) is 0 Å². The van der Waals surface area contributed by atoms with E-state index in [1.165, 1.54) is 5.56 Å². The van der Waals surface area contributed by atoms with Crippen LogP contribution in [0.5, 0.6) is 5.75 Å². The zero-order valence-electron chi connectivity index (χ0n) is 18.8. The van der Waals surface area contributed by atoms with Crippen LogP contribution >= 0.6 is 11.6 Å². The molecule has 0 fully saturated rings. The maximum atomic E-state index is 12.6. The third-order valence-electron chi connectivity index (χ3n) is 5.67. The van der Waals surface area contributed by atoms with Crippen LogP contribution in [0.15, 0.2) is 83.3 Å². The number of hydrogen-bond donors (Lipinski definition) is 1. The number of ether oxygens (including phenoxy) is 1. The van der Waals surface area contributed by atoms with Gasteiger partial charge in [0, 0.05) is 11.1 Å². The van der Waals surface area contributed by atoms with Crippen LogP contribution in [0.3, 0.4) is 0 Å². The van der Waals surface area contributed by atoms with Crippen LogP contribution < -0.4 is 10.1 Å². The van der Waals surface area contributed by atoms with Gasteiger partial charge in [-0.05, 0) is 53.3 Å². The molecule has 6 heteroatoms. The van der Waals surface area contributed by atoms with Crippen LogP contribution in [0.4, 0.5) is 5.69 Å². The largest absolute Gasteiger partial charge is 0.483 e. The van der Waals surface area contributed by atoms with E-state index >= 15 is 0 Å². The summed E-state index contributed by atoms with van der Waals surface area (Å²) in [6.07, 6.45) is 0. The second kappa shape index (κ2) is 9.20. The second-order valence-electron chi connectivity index (χ2n) is 8.41.